The van der Waals surface area contributed by atoms with Crippen LogP contribution in [-0.4, -0.2) is 30.1 Å². The molecule has 0 radical (unpaired) electrons. The molecule has 0 fully saturated rings. The molecular weight excluding hydrogens is 454 g/mol. The summed E-state index contributed by atoms with van der Waals surface area (Å²) < 4.78 is 5.16. The molecule has 0 saturated carbocycles. The number of para-hydroxylation sites is 1. The molecule has 7 heteroatoms. The van der Waals surface area contributed by atoms with Crippen LogP contribution < -0.4 is 16.0 Å². The maximum absolute atomic E-state index is 13.5. The summed E-state index contributed by atoms with van der Waals surface area (Å²) >= 11 is 0. The van der Waals surface area contributed by atoms with E-state index in [0.717, 1.165) is 16.7 Å². The van der Waals surface area contributed by atoms with E-state index in [1.54, 1.807) is 20.8 Å². The fourth-order valence-electron chi connectivity index (χ4n) is 3.66. The summed E-state index contributed by atoms with van der Waals surface area (Å²) in [5.41, 5.74) is 2.60. The molecule has 0 heterocycles. The predicted octanol–water partition coefficient (Wildman–Crippen LogP) is 4.99. The molecule has 0 aliphatic heterocycles. The van der Waals surface area contributed by atoms with Gasteiger partial charge in [-0.1, -0.05) is 78.9 Å². The number of hydrogen-bond donors (Lipinski definition) is 3. The molecule has 188 valence electrons. The van der Waals surface area contributed by atoms with Crippen LogP contribution in [0.5, 0.6) is 0 Å². The summed E-state index contributed by atoms with van der Waals surface area (Å²) in [7, 11) is 0. The van der Waals surface area contributed by atoms with Gasteiger partial charge in [-0.2, -0.15) is 0 Å². The highest BCUT2D eigenvalue weighted by Gasteiger charge is 2.23. The third kappa shape index (κ3) is 8.27. The lowest BCUT2D eigenvalue weighted by Gasteiger charge is -2.20. The van der Waals surface area contributed by atoms with Crippen LogP contribution >= 0.6 is 0 Å². The Kier molecular flexibility index (Phi) is 9.22. The maximum atomic E-state index is 13.5. The average molecular weight is 488 g/mol. The van der Waals surface area contributed by atoms with Gasteiger partial charge in [0.25, 0.3) is 0 Å². The summed E-state index contributed by atoms with van der Waals surface area (Å²) in [5.74, 6) is -0.861. The van der Waals surface area contributed by atoms with E-state index in [-0.39, 0.29) is 31.3 Å². The number of carbonyl (C=O) groups excluding carboxylic acids is 3. The van der Waals surface area contributed by atoms with Gasteiger partial charge >= 0.3 is 6.09 Å². The number of nitrogens with one attached hydrogen (secondary N) is 3. The van der Waals surface area contributed by atoms with Crippen molar-refractivity contribution in [3.05, 3.63) is 102 Å². The van der Waals surface area contributed by atoms with Crippen LogP contribution in [0.3, 0.4) is 0 Å². The lowest BCUT2D eigenvalue weighted by atomic mass is 9.90. The van der Waals surface area contributed by atoms with E-state index in [4.69, 9.17) is 4.74 Å². The van der Waals surface area contributed by atoms with Crippen molar-refractivity contribution in [3.63, 3.8) is 0 Å². The van der Waals surface area contributed by atoms with Gasteiger partial charge in [0, 0.05) is 25.2 Å². The third-order valence-corrected chi connectivity index (χ3v) is 5.30. The largest absolute Gasteiger partial charge is 0.444 e. The molecule has 0 bridgehead atoms. The number of amides is 3. The van der Waals surface area contributed by atoms with Gasteiger partial charge < -0.3 is 20.7 Å². The molecule has 0 spiro atoms. The smallest absolute Gasteiger partial charge is 0.407 e. The van der Waals surface area contributed by atoms with Crippen molar-refractivity contribution in [2.75, 3.05) is 11.9 Å². The van der Waals surface area contributed by atoms with Crippen molar-refractivity contribution in [2.45, 2.75) is 45.3 Å². The van der Waals surface area contributed by atoms with E-state index in [1.165, 1.54) is 0 Å². The molecule has 3 rings (SSSR count). The molecule has 7 nitrogen and oxygen atoms in total. The highest BCUT2D eigenvalue weighted by atomic mass is 16.6. The van der Waals surface area contributed by atoms with Crippen LogP contribution in [0.2, 0.25) is 0 Å². The normalized spacial score (nSPS) is 11.0. The first-order valence-electron chi connectivity index (χ1n) is 11.9. The zero-order valence-electron chi connectivity index (χ0n) is 20.9. The molecule has 36 heavy (non-hydrogen) atoms. The van der Waals surface area contributed by atoms with Crippen LogP contribution in [0.15, 0.2) is 84.9 Å². The number of alkyl carbamates (subject to hydrolysis) is 1. The second-order valence-corrected chi connectivity index (χ2v) is 9.36. The van der Waals surface area contributed by atoms with Crippen LogP contribution in [0.25, 0.3) is 0 Å². The lowest BCUT2D eigenvalue weighted by molar-refractivity contribution is -0.121. The van der Waals surface area contributed by atoms with E-state index in [2.05, 4.69) is 16.0 Å². The molecular formula is C29H33N3O4. The molecule has 0 atom stereocenters. The van der Waals surface area contributed by atoms with E-state index in [0.29, 0.717) is 5.69 Å². The van der Waals surface area contributed by atoms with Crippen LogP contribution in [0.1, 0.15) is 49.8 Å². The number of rotatable bonds is 9. The van der Waals surface area contributed by atoms with Crippen molar-refractivity contribution in [1.29, 1.82) is 0 Å². The molecule has 0 aliphatic rings. The summed E-state index contributed by atoms with van der Waals surface area (Å²) in [6.07, 6.45) is -0.451. The van der Waals surface area contributed by atoms with E-state index in [9.17, 15) is 14.4 Å². The topological polar surface area (TPSA) is 96.5 Å². The first kappa shape index (κ1) is 26.5. The highest BCUT2D eigenvalue weighted by Crippen LogP contribution is 2.27. The minimum atomic E-state index is -0.597. The Labute approximate surface area is 212 Å². The molecule has 0 aliphatic carbocycles. The van der Waals surface area contributed by atoms with Crippen molar-refractivity contribution < 1.29 is 19.1 Å². The van der Waals surface area contributed by atoms with Gasteiger partial charge in [-0.05, 0) is 43.5 Å². The number of anilines is 1. The fraction of sp³-hybridized carbons (Fsp3) is 0.276. The Morgan fingerprint density at radius 2 is 1.33 bits per heavy atom. The third-order valence-electron chi connectivity index (χ3n) is 5.30. The van der Waals surface area contributed by atoms with Crippen LogP contribution in [0, 0.1) is 0 Å². The Hall–Kier alpha value is -4.13. The summed E-state index contributed by atoms with van der Waals surface area (Å²) in [6.45, 7) is 5.73. The first-order chi connectivity index (χ1) is 17.2. The van der Waals surface area contributed by atoms with Gasteiger partial charge in [-0.25, -0.2) is 4.79 Å². The number of benzene rings is 3. The van der Waals surface area contributed by atoms with Crippen LogP contribution in [0.4, 0.5) is 10.5 Å². The monoisotopic (exact) mass is 487 g/mol. The molecule has 3 aromatic rings. The Morgan fingerprint density at radius 1 is 0.778 bits per heavy atom. The standard InChI is InChI=1S/C29H33N3O4/c1-29(2,3)36-28(35)30-19-18-25(33)31-20-23-16-10-11-17-24(23)32-27(34)26(21-12-6-4-7-13-21)22-14-8-5-9-15-22/h4-17,26H,18-20H2,1-3H3,(H,30,35)(H,31,33)(H,32,34). The zero-order valence-corrected chi connectivity index (χ0v) is 20.9. The summed E-state index contributed by atoms with van der Waals surface area (Å²) in [6, 6.07) is 26.6. The molecule has 3 N–H and O–H groups in total. The average Bonchev–Trinajstić information content (AvgIpc) is 2.84. The van der Waals surface area contributed by atoms with Crippen molar-refractivity contribution >= 4 is 23.6 Å². The zero-order chi connectivity index (χ0) is 26.0. The fourth-order valence-corrected chi connectivity index (χ4v) is 3.66. The second-order valence-electron chi connectivity index (χ2n) is 9.36. The quantitative estimate of drug-likeness (QED) is 0.396. The molecule has 0 saturated heterocycles. The highest BCUT2D eigenvalue weighted by molar-refractivity contribution is 5.98. The van der Waals surface area contributed by atoms with Gasteiger partial charge in [0.15, 0.2) is 0 Å². The second kappa shape index (κ2) is 12.5. The molecule has 3 aromatic carbocycles. The van der Waals surface area contributed by atoms with Crippen molar-refractivity contribution in [3.8, 4) is 0 Å². The minimum absolute atomic E-state index is 0.109. The first-order valence-corrected chi connectivity index (χ1v) is 11.9. The van der Waals surface area contributed by atoms with Crippen molar-refractivity contribution in [1.82, 2.24) is 10.6 Å². The molecule has 0 unspecified atom stereocenters. The van der Waals surface area contributed by atoms with Gasteiger partial charge in [0.2, 0.25) is 11.8 Å². The molecule has 3 amide bonds. The molecule has 0 aromatic heterocycles. The van der Waals surface area contributed by atoms with Gasteiger partial charge in [-0.3, -0.25) is 9.59 Å². The van der Waals surface area contributed by atoms with E-state index in [1.807, 2.05) is 84.9 Å². The van der Waals surface area contributed by atoms with Gasteiger partial charge in [0.05, 0.1) is 5.92 Å². The number of carbonyl (C=O) groups is 3. The lowest BCUT2D eigenvalue weighted by Crippen LogP contribution is -2.35. The van der Waals surface area contributed by atoms with E-state index >= 15 is 0 Å². The van der Waals surface area contributed by atoms with Crippen molar-refractivity contribution in [2.24, 2.45) is 0 Å². The SMILES string of the molecule is CC(C)(C)OC(=O)NCCC(=O)NCc1ccccc1NC(=O)C(c1ccccc1)c1ccccc1. The summed E-state index contributed by atoms with van der Waals surface area (Å²) in [5, 5.41) is 8.46. The van der Waals surface area contributed by atoms with Gasteiger partial charge in [-0.15, -0.1) is 0 Å². The van der Waals surface area contributed by atoms with Crippen LogP contribution in [-0.2, 0) is 20.9 Å². The summed E-state index contributed by atoms with van der Waals surface area (Å²) in [4.78, 5) is 37.5. The Morgan fingerprint density at radius 3 is 1.92 bits per heavy atom. The maximum Gasteiger partial charge on any atom is 0.407 e. The Bertz CT molecular complexity index is 1120. The minimum Gasteiger partial charge on any atom is -0.444 e. The predicted molar refractivity (Wildman–Crippen MR) is 140 cm³/mol. The number of hydrogen-bond acceptors (Lipinski definition) is 4. The Balaban J connectivity index is 1.62. The van der Waals surface area contributed by atoms with E-state index < -0.39 is 17.6 Å². The van der Waals surface area contributed by atoms with Gasteiger partial charge in [0.1, 0.15) is 5.60 Å². The number of ether oxygens (including phenoxy) is 1.